The van der Waals surface area contributed by atoms with Crippen LogP contribution in [-0.4, -0.2) is 55.5 Å². The summed E-state index contributed by atoms with van der Waals surface area (Å²) < 4.78 is 19.4. The molecular weight excluding hydrogens is 195 g/mol. The van der Waals surface area contributed by atoms with Crippen molar-refractivity contribution in [1.29, 1.82) is 0 Å². The first kappa shape index (κ1) is 11.3. The molecule has 2 aliphatic rings. The Bertz CT molecular complexity index is 205. The van der Waals surface area contributed by atoms with Gasteiger partial charge in [-0.2, -0.15) is 0 Å². The molecule has 2 heterocycles. The lowest BCUT2D eigenvalue weighted by Gasteiger charge is -2.42. The number of halogens is 1. The second kappa shape index (κ2) is 4.76. The maximum Gasteiger partial charge on any atom is 0.128 e. The largest absolute Gasteiger partial charge is 0.373 e. The fourth-order valence-corrected chi connectivity index (χ4v) is 2.71. The number of nitrogens with zero attached hydrogens (tertiary/aromatic N) is 1. The second-order valence-electron chi connectivity index (χ2n) is 4.79. The Morgan fingerprint density at radius 3 is 2.53 bits per heavy atom. The van der Waals surface area contributed by atoms with E-state index in [1.54, 1.807) is 0 Å². The summed E-state index contributed by atoms with van der Waals surface area (Å²) in [6.45, 7) is 7.31. The van der Waals surface area contributed by atoms with Crippen LogP contribution in [0.2, 0.25) is 0 Å². The third-order valence-corrected chi connectivity index (χ3v) is 3.29. The Balaban J connectivity index is 1.95. The standard InChI is InChI=1S/C11H21FN2O/c1-8-6-14(7-9(2)15-8)11-3-4-13-5-10(11)12/h8-11,13H,3-7H2,1-2H3/t8-,9+,10?,11?. The minimum Gasteiger partial charge on any atom is -0.373 e. The predicted octanol–water partition coefficient (Wildman–Crippen LogP) is 0.796. The number of piperidine rings is 1. The molecule has 1 N–H and O–H groups in total. The summed E-state index contributed by atoms with van der Waals surface area (Å²) in [6.07, 6.45) is 0.656. The lowest BCUT2D eigenvalue weighted by molar-refractivity contribution is -0.0920. The molecule has 0 aromatic rings. The zero-order valence-corrected chi connectivity index (χ0v) is 9.58. The maximum atomic E-state index is 13.7. The van der Waals surface area contributed by atoms with Gasteiger partial charge in [-0.05, 0) is 26.8 Å². The van der Waals surface area contributed by atoms with Crippen molar-refractivity contribution < 1.29 is 9.13 Å². The van der Waals surface area contributed by atoms with Gasteiger partial charge in [-0.3, -0.25) is 4.90 Å². The molecular formula is C11H21FN2O. The second-order valence-corrected chi connectivity index (χ2v) is 4.79. The van der Waals surface area contributed by atoms with E-state index in [0.717, 1.165) is 26.1 Å². The molecule has 4 heteroatoms. The van der Waals surface area contributed by atoms with Gasteiger partial charge in [0, 0.05) is 25.7 Å². The van der Waals surface area contributed by atoms with Crippen molar-refractivity contribution in [3.05, 3.63) is 0 Å². The van der Waals surface area contributed by atoms with Crippen LogP contribution in [-0.2, 0) is 4.74 Å². The lowest BCUT2D eigenvalue weighted by Crippen LogP contribution is -2.57. The van der Waals surface area contributed by atoms with Gasteiger partial charge in [-0.1, -0.05) is 0 Å². The SMILES string of the molecule is C[C@@H]1CN(C2CCNCC2F)C[C@H](C)O1. The average molecular weight is 216 g/mol. The van der Waals surface area contributed by atoms with E-state index < -0.39 is 6.17 Å². The number of ether oxygens (including phenoxy) is 1. The Morgan fingerprint density at radius 1 is 1.27 bits per heavy atom. The molecule has 0 aromatic heterocycles. The molecule has 0 saturated carbocycles. The third kappa shape index (κ3) is 2.68. The Labute approximate surface area is 91.0 Å². The number of morpholine rings is 1. The van der Waals surface area contributed by atoms with E-state index in [1.807, 2.05) is 0 Å². The smallest absolute Gasteiger partial charge is 0.128 e. The molecule has 0 amide bonds. The van der Waals surface area contributed by atoms with E-state index in [2.05, 4.69) is 24.1 Å². The van der Waals surface area contributed by atoms with Crippen molar-refractivity contribution in [1.82, 2.24) is 10.2 Å². The van der Waals surface area contributed by atoms with E-state index >= 15 is 0 Å². The Morgan fingerprint density at radius 2 is 1.93 bits per heavy atom. The highest BCUT2D eigenvalue weighted by Gasteiger charge is 2.34. The average Bonchev–Trinajstić information content (AvgIpc) is 2.16. The molecule has 2 aliphatic heterocycles. The summed E-state index contributed by atoms with van der Waals surface area (Å²) in [6, 6.07) is 0.0973. The minimum absolute atomic E-state index is 0.0973. The van der Waals surface area contributed by atoms with E-state index in [0.29, 0.717) is 6.54 Å². The highest BCUT2D eigenvalue weighted by Crippen LogP contribution is 2.20. The molecule has 2 fully saturated rings. The number of nitrogens with one attached hydrogen (secondary N) is 1. The molecule has 2 unspecified atom stereocenters. The van der Waals surface area contributed by atoms with Crippen molar-refractivity contribution in [2.75, 3.05) is 26.2 Å². The minimum atomic E-state index is -0.726. The van der Waals surface area contributed by atoms with Crippen molar-refractivity contribution in [2.45, 2.75) is 44.7 Å². The highest BCUT2D eigenvalue weighted by atomic mass is 19.1. The number of rotatable bonds is 1. The maximum absolute atomic E-state index is 13.7. The normalized spacial score (nSPS) is 44.2. The molecule has 15 heavy (non-hydrogen) atoms. The van der Waals surface area contributed by atoms with Crippen LogP contribution in [0.5, 0.6) is 0 Å². The zero-order chi connectivity index (χ0) is 10.8. The van der Waals surface area contributed by atoms with Crippen LogP contribution in [0.1, 0.15) is 20.3 Å². The van der Waals surface area contributed by atoms with Crippen molar-refractivity contribution in [2.24, 2.45) is 0 Å². The van der Waals surface area contributed by atoms with E-state index in [-0.39, 0.29) is 18.2 Å². The quantitative estimate of drug-likeness (QED) is 0.701. The predicted molar refractivity (Wildman–Crippen MR) is 57.8 cm³/mol. The third-order valence-electron chi connectivity index (χ3n) is 3.29. The van der Waals surface area contributed by atoms with Crippen LogP contribution in [0.15, 0.2) is 0 Å². The molecule has 0 aromatic carbocycles. The van der Waals surface area contributed by atoms with Crippen molar-refractivity contribution in [3.8, 4) is 0 Å². The molecule has 3 nitrogen and oxygen atoms in total. The van der Waals surface area contributed by atoms with Crippen LogP contribution in [0.3, 0.4) is 0 Å². The van der Waals surface area contributed by atoms with Crippen LogP contribution >= 0.6 is 0 Å². The van der Waals surface area contributed by atoms with Crippen LogP contribution in [0, 0.1) is 0 Å². The highest BCUT2D eigenvalue weighted by molar-refractivity contribution is 4.88. The summed E-state index contributed by atoms with van der Waals surface area (Å²) in [4.78, 5) is 2.27. The lowest BCUT2D eigenvalue weighted by atomic mass is 10.0. The first-order valence-corrected chi connectivity index (χ1v) is 5.91. The topological polar surface area (TPSA) is 24.5 Å². The number of hydrogen-bond acceptors (Lipinski definition) is 3. The van der Waals surface area contributed by atoms with E-state index in [1.165, 1.54) is 0 Å². The molecule has 4 atom stereocenters. The summed E-state index contributed by atoms with van der Waals surface area (Å²) >= 11 is 0. The van der Waals surface area contributed by atoms with Gasteiger partial charge in [0.1, 0.15) is 6.17 Å². The van der Waals surface area contributed by atoms with Gasteiger partial charge in [0.2, 0.25) is 0 Å². The molecule has 0 spiro atoms. The summed E-state index contributed by atoms with van der Waals surface area (Å²) in [5.74, 6) is 0. The van der Waals surface area contributed by atoms with Crippen molar-refractivity contribution >= 4 is 0 Å². The summed E-state index contributed by atoms with van der Waals surface area (Å²) in [7, 11) is 0. The number of hydrogen-bond donors (Lipinski definition) is 1. The van der Waals surface area contributed by atoms with Gasteiger partial charge in [0.05, 0.1) is 12.2 Å². The van der Waals surface area contributed by atoms with Gasteiger partial charge >= 0.3 is 0 Å². The summed E-state index contributed by atoms with van der Waals surface area (Å²) in [5, 5.41) is 3.09. The molecule has 0 aliphatic carbocycles. The van der Waals surface area contributed by atoms with Gasteiger partial charge in [-0.25, -0.2) is 4.39 Å². The zero-order valence-electron chi connectivity index (χ0n) is 9.58. The molecule has 0 radical (unpaired) electrons. The van der Waals surface area contributed by atoms with Gasteiger partial charge in [0.15, 0.2) is 0 Å². The fourth-order valence-electron chi connectivity index (χ4n) is 2.71. The monoisotopic (exact) mass is 216 g/mol. The van der Waals surface area contributed by atoms with Crippen molar-refractivity contribution in [3.63, 3.8) is 0 Å². The molecule has 88 valence electrons. The molecule has 2 saturated heterocycles. The summed E-state index contributed by atoms with van der Waals surface area (Å²) in [5.41, 5.74) is 0. The van der Waals surface area contributed by atoms with Gasteiger partial charge < -0.3 is 10.1 Å². The first-order valence-electron chi connectivity index (χ1n) is 5.91. The van der Waals surface area contributed by atoms with E-state index in [9.17, 15) is 4.39 Å². The molecule has 2 rings (SSSR count). The van der Waals surface area contributed by atoms with Gasteiger partial charge in [-0.15, -0.1) is 0 Å². The van der Waals surface area contributed by atoms with Crippen LogP contribution in [0.4, 0.5) is 4.39 Å². The van der Waals surface area contributed by atoms with Crippen LogP contribution in [0.25, 0.3) is 0 Å². The number of alkyl halides is 1. The Kier molecular flexibility index (Phi) is 3.59. The van der Waals surface area contributed by atoms with Gasteiger partial charge in [0.25, 0.3) is 0 Å². The van der Waals surface area contributed by atoms with Crippen LogP contribution < -0.4 is 5.32 Å². The van der Waals surface area contributed by atoms with E-state index in [4.69, 9.17) is 4.74 Å². The first-order chi connectivity index (χ1) is 7.16. The fraction of sp³-hybridized carbons (Fsp3) is 1.00. The molecule has 0 bridgehead atoms. The Hall–Kier alpha value is -0.190.